The summed E-state index contributed by atoms with van der Waals surface area (Å²) in [5.41, 5.74) is 0. The SMILES string of the molecule is COC(=O)[C@H](CSCC(=O)O[C@@H]1O[C@H](C(=O)OC)[C@@H](OC(C)=O)[C@H](OC(C)=O)[C@H]1OC(C)=O)NC(C)=O. The fourth-order valence-corrected chi connectivity index (χ4v) is 3.96. The first-order valence-electron chi connectivity index (χ1n) is 10.7. The van der Waals surface area contributed by atoms with Crippen LogP contribution in [0.1, 0.15) is 27.7 Å². The van der Waals surface area contributed by atoms with Gasteiger partial charge in [0.1, 0.15) is 6.04 Å². The molecule has 1 rings (SSSR count). The van der Waals surface area contributed by atoms with Crippen LogP contribution in [0.5, 0.6) is 0 Å². The molecule has 0 radical (unpaired) electrons. The van der Waals surface area contributed by atoms with Gasteiger partial charge in [0.2, 0.25) is 18.3 Å². The largest absolute Gasteiger partial charge is 0.467 e. The van der Waals surface area contributed by atoms with Crippen LogP contribution in [0.3, 0.4) is 0 Å². The van der Waals surface area contributed by atoms with Crippen LogP contribution in [0.4, 0.5) is 0 Å². The van der Waals surface area contributed by atoms with Crippen molar-refractivity contribution in [3.8, 4) is 0 Å². The second kappa shape index (κ2) is 15.0. The molecule has 15 nitrogen and oxygen atoms in total. The molecule has 1 N–H and O–H groups in total. The minimum absolute atomic E-state index is 0.0599. The van der Waals surface area contributed by atoms with Crippen LogP contribution >= 0.6 is 11.8 Å². The van der Waals surface area contributed by atoms with Gasteiger partial charge in [-0.3, -0.25) is 24.0 Å². The lowest BCUT2D eigenvalue weighted by Gasteiger charge is -2.42. The van der Waals surface area contributed by atoms with Crippen molar-refractivity contribution < 1.29 is 66.7 Å². The molecule has 1 aliphatic heterocycles. The highest BCUT2D eigenvalue weighted by atomic mass is 32.2. The zero-order valence-corrected chi connectivity index (χ0v) is 21.8. The molecule has 1 saturated heterocycles. The average Bonchev–Trinajstić information content (AvgIpc) is 2.79. The van der Waals surface area contributed by atoms with Crippen molar-refractivity contribution in [1.82, 2.24) is 5.32 Å². The number of rotatable bonds is 11. The minimum atomic E-state index is -1.79. The number of carbonyl (C=O) groups is 7. The molecule has 0 bridgehead atoms. The predicted molar refractivity (Wildman–Crippen MR) is 120 cm³/mol. The number of amides is 1. The van der Waals surface area contributed by atoms with E-state index in [1.165, 1.54) is 6.92 Å². The van der Waals surface area contributed by atoms with Crippen molar-refractivity contribution in [1.29, 1.82) is 0 Å². The highest BCUT2D eigenvalue weighted by molar-refractivity contribution is 8.00. The van der Waals surface area contributed by atoms with E-state index in [-0.39, 0.29) is 11.5 Å². The van der Waals surface area contributed by atoms with Crippen LogP contribution in [0, 0.1) is 0 Å². The number of methoxy groups -OCH3 is 2. The van der Waals surface area contributed by atoms with Gasteiger partial charge in [-0.25, -0.2) is 9.59 Å². The number of hydrogen-bond donors (Lipinski definition) is 1. The Balaban J connectivity index is 3.14. The van der Waals surface area contributed by atoms with E-state index in [0.717, 1.165) is 46.8 Å². The summed E-state index contributed by atoms with van der Waals surface area (Å²) in [7, 11) is 2.14. The van der Waals surface area contributed by atoms with Crippen LogP contribution in [-0.2, 0) is 66.7 Å². The maximum atomic E-state index is 12.5. The Morgan fingerprint density at radius 1 is 0.784 bits per heavy atom. The molecule has 16 heteroatoms. The van der Waals surface area contributed by atoms with Crippen LogP contribution in [0.15, 0.2) is 0 Å². The Morgan fingerprint density at radius 2 is 1.32 bits per heavy atom. The van der Waals surface area contributed by atoms with Crippen LogP contribution in [-0.4, -0.2) is 104 Å². The first-order chi connectivity index (χ1) is 17.3. The summed E-state index contributed by atoms with van der Waals surface area (Å²) in [6, 6.07) is -1.04. The van der Waals surface area contributed by atoms with Crippen LogP contribution in [0.2, 0.25) is 0 Å². The molecular formula is C21H29NO14S. The molecule has 0 aromatic heterocycles. The summed E-state index contributed by atoms with van der Waals surface area (Å²) < 4.78 is 35.4. The van der Waals surface area contributed by atoms with E-state index in [4.69, 9.17) is 23.7 Å². The van der Waals surface area contributed by atoms with Crippen molar-refractivity contribution in [2.45, 2.75) is 64.4 Å². The Morgan fingerprint density at radius 3 is 1.81 bits per heavy atom. The molecule has 1 amide bonds. The van der Waals surface area contributed by atoms with Gasteiger partial charge in [-0.05, 0) is 0 Å². The molecule has 37 heavy (non-hydrogen) atoms. The van der Waals surface area contributed by atoms with Crippen molar-refractivity contribution in [3.63, 3.8) is 0 Å². The standard InChI is InChI=1S/C21H29NO14S/c1-9(23)22-13(19(28)30-5)7-37-8-14(27)35-21-18(34-12(4)26)16(33-11(3)25)15(32-10(2)24)17(36-21)20(29)31-6/h13,15-18,21H,7-8H2,1-6H3,(H,22,23)/t13-,15-,16-,17-,18+,21+/m0/s1. The Kier molecular flexibility index (Phi) is 12.8. The summed E-state index contributed by atoms with van der Waals surface area (Å²) in [4.78, 5) is 83.2. The number of carbonyl (C=O) groups excluding carboxylic acids is 7. The van der Waals surface area contributed by atoms with E-state index >= 15 is 0 Å². The van der Waals surface area contributed by atoms with E-state index in [0.29, 0.717) is 0 Å². The average molecular weight is 552 g/mol. The molecule has 0 aliphatic carbocycles. The van der Waals surface area contributed by atoms with E-state index in [1.807, 2.05) is 0 Å². The quantitative estimate of drug-likeness (QED) is 0.233. The first kappa shape index (κ1) is 31.6. The molecule has 0 unspecified atom stereocenters. The number of ether oxygens (including phenoxy) is 7. The Labute approximate surface area is 216 Å². The van der Waals surface area contributed by atoms with Crippen molar-refractivity contribution in [2.24, 2.45) is 0 Å². The normalized spacial score (nSPS) is 23.5. The van der Waals surface area contributed by atoms with Gasteiger partial charge in [-0.1, -0.05) is 0 Å². The summed E-state index contributed by atoms with van der Waals surface area (Å²) in [5.74, 6) is -6.34. The Hall–Kier alpha value is -3.40. The second-order valence-electron chi connectivity index (χ2n) is 7.45. The van der Waals surface area contributed by atoms with Gasteiger partial charge in [0.05, 0.1) is 20.0 Å². The first-order valence-corrected chi connectivity index (χ1v) is 11.8. The van der Waals surface area contributed by atoms with Crippen LogP contribution in [0.25, 0.3) is 0 Å². The molecule has 1 aliphatic rings. The van der Waals surface area contributed by atoms with E-state index in [1.54, 1.807) is 0 Å². The summed E-state index contributed by atoms with van der Waals surface area (Å²) in [6.45, 7) is 4.25. The molecule has 0 aromatic carbocycles. The number of thioether (sulfide) groups is 1. The lowest BCUT2D eigenvalue weighted by Crippen LogP contribution is -2.64. The third-order valence-electron chi connectivity index (χ3n) is 4.45. The fourth-order valence-electron chi connectivity index (χ4n) is 3.15. The highest BCUT2D eigenvalue weighted by Gasteiger charge is 2.56. The summed E-state index contributed by atoms with van der Waals surface area (Å²) in [5, 5.41) is 2.37. The molecule has 0 spiro atoms. The smallest absolute Gasteiger partial charge is 0.339 e. The zero-order valence-electron chi connectivity index (χ0n) is 21.0. The van der Waals surface area contributed by atoms with E-state index in [2.05, 4.69) is 14.8 Å². The second-order valence-corrected chi connectivity index (χ2v) is 8.48. The minimum Gasteiger partial charge on any atom is -0.467 e. The molecule has 0 saturated carbocycles. The lowest BCUT2D eigenvalue weighted by molar-refractivity contribution is -0.294. The topological polar surface area (TPSA) is 196 Å². The molecule has 208 valence electrons. The van der Waals surface area contributed by atoms with Gasteiger partial charge >= 0.3 is 35.8 Å². The van der Waals surface area contributed by atoms with Gasteiger partial charge in [0.25, 0.3) is 0 Å². The van der Waals surface area contributed by atoms with Gasteiger partial charge in [0, 0.05) is 33.4 Å². The fraction of sp³-hybridized carbons (Fsp3) is 0.667. The van der Waals surface area contributed by atoms with Gasteiger partial charge in [-0.2, -0.15) is 0 Å². The van der Waals surface area contributed by atoms with E-state index in [9.17, 15) is 33.6 Å². The van der Waals surface area contributed by atoms with Crippen molar-refractivity contribution in [3.05, 3.63) is 0 Å². The zero-order chi connectivity index (χ0) is 28.3. The van der Waals surface area contributed by atoms with E-state index < -0.39 is 78.5 Å². The summed E-state index contributed by atoms with van der Waals surface area (Å²) in [6.07, 6.45) is -8.37. The summed E-state index contributed by atoms with van der Waals surface area (Å²) >= 11 is 0.891. The molecule has 1 heterocycles. The van der Waals surface area contributed by atoms with Gasteiger partial charge in [0.15, 0.2) is 18.3 Å². The monoisotopic (exact) mass is 551 g/mol. The number of nitrogens with one attached hydrogen (secondary N) is 1. The van der Waals surface area contributed by atoms with Crippen molar-refractivity contribution >= 4 is 53.5 Å². The number of hydrogen-bond acceptors (Lipinski definition) is 15. The van der Waals surface area contributed by atoms with Crippen molar-refractivity contribution in [2.75, 3.05) is 25.7 Å². The maximum Gasteiger partial charge on any atom is 0.339 e. The lowest BCUT2D eigenvalue weighted by atomic mass is 9.97. The highest BCUT2D eigenvalue weighted by Crippen LogP contribution is 2.30. The molecule has 6 atom stereocenters. The third-order valence-corrected chi connectivity index (χ3v) is 5.46. The predicted octanol–water partition coefficient (Wildman–Crippen LogP) is -1.37. The molecule has 1 fully saturated rings. The van der Waals surface area contributed by atoms with Gasteiger partial charge < -0.3 is 38.5 Å². The molecular weight excluding hydrogens is 522 g/mol. The molecule has 0 aromatic rings. The van der Waals surface area contributed by atoms with Gasteiger partial charge in [-0.15, -0.1) is 11.8 Å². The number of esters is 6. The van der Waals surface area contributed by atoms with Crippen LogP contribution < -0.4 is 5.32 Å². The maximum absolute atomic E-state index is 12.5. The third kappa shape index (κ3) is 10.2. The Bertz CT molecular complexity index is 892.